The average molecular weight is 413 g/mol. The fourth-order valence-corrected chi connectivity index (χ4v) is 4.82. The van der Waals surface area contributed by atoms with Crippen molar-refractivity contribution in [1.29, 1.82) is 0 Å². The Morgan fingerprint density at radius 3 is 2.44 bits per heavy atom. The first kappa shape index (κ1) is 21.4. The summed E-state index contributed by atoms with van der Waals surface area (Å²) < 4.78 is 6.70. The number of hydrogen-bond donors (Lipinski definition) is 0. The first-order valence-electron chi connectivity index (χ1n) is 9.04. The SMILES string of the molecule is CC=c1sc(=C2SC(=O)N(CCCCCCCC)C2=O)n(COC=O)c1=O. The van der Waals surface area contributed by atoms with Gasteiger partial charge in [-0.15, -0.1) is 11.3 Å². The van der Waals surface area contributed by atoms with Crippen molar-refractivity contribution in [3.63, 3.8) is 0 Å². The zero-order chi connectivity index (χ0) is 19.8. The maximum atomic E-state index is 12.7. The monoisotopic (exact) mass is 412 g/mol. The molecule has 0 bridgehead atoms. The van der Waals surface area contributed by atoms with Crippen molar-refractivity contribution in [2.75, 3.05) is 6.54 Å². The lowest BCUT2D eigenvalue weighted by Gasteiger charge is -2.11. The molecule has 0 aliphatic carbocycles. The van der Waals surface area contributed by atoms with E-state index in [0.29, 0.717) is 15.7 Å². The Morgan fingerprint density at radius 2 is 1.78 bits per heavy atom. The minimum atomic E-state index is -0.387. The molecule has 0 atom stereocenters. The number of hydrogen-bond acceptors (Lipinski definition) is 7. The van der Waals surface area contributed by atoms with Gasteiger partial charge in [0.25, 0.3) is 23.2 Å². The van der Waals surface area contributed by atoms with Gasteiger partial charge in [0.2, 0.25) is 0 Å². The van der Waals surface area contributed by atoms with E-state index >= 15 is 0 Å². The number of carbonyl (C=O) groups is 3. The van der Waals surface area contributed by atoms with Crippen LogP contribution in [0.15, 0.2) is 4.79 Å². The van der Waals surface area contributed by atoms with Gasteiger partial charge in [-0.25, -0.2) is 0 Å². The molecule has 0 radical (unpaired) electrons. The van der Waals surface area contributed by atoms with E-state index in [0.717, 1.165) is 42.4 Å². The summed E-state index contributed by atoms with van der Waals surface area (Å²) in [4.78, 5) is 49.3. The van der Waals surface area contributed by atoms with Crippen molar-refractivity contribution in [3.05, 3.63) is 19.5 Å². The van der Waals surface area contributed by atoms with Gasteiger partial charge in [0, 0.05) is 6.54 Å². The second-order valence-corrected chi connectivity index (χ2v) is 8.10. The van der Waals surface area contributed by atoms with Crippen LogP contribution in [-0.2, 0) is 21.1 Å². The fourth-order valence-electron chi connectivity index (χ4n) is 2.77. The molecule has 2 rings (SSSR count). The summed E-state index contributed by atoms with van der Waals surface area (Å²) in [6.07, 6.45) is 8.01. The van der Waals surface area contributed by atoms with E-state index < -0.39 is 0 Å². The molecule has 0 spiro atoms. The molecule has 1 aromatic rings. The van der Waals surface area contributed by atoms with E-state index in [2.05, 4.69) is 6.92 Å². The Balaban J connectivity index is 2.22. The summed E-state index contributed by atoms with van der Waals surface area (Å²) in [7, 11) is 0. The van der Waals surface area contributed by atoms with Crippen LogP contribution in [0, 0.1) is 0 Å². The quantitative estimate of drug-likeness (QED) is 0.432. The molecule has 0 N–H and O–H groups in total. The number of carbonyl (C=O) groups excluding carboxylic acids is 3. The highest BCUT2D eigenvalue weighted by Crippen LogP contribution is 2.31. The van der Waals surface area contributed by atoms with Gasteiger partial charge in [-0.1, -0.05) is 45.1 Å². The van der Waals surface area contributed by atoms with Crippen LogP contribution in [0.3, 0.4) is 0 Å². The smallest absolute Gasteiger partial charge is 0.294 e. The molecule has 2 heterocycles. The number of ether oxygens (including phenoxy) is 1. The summed E-state index contributed by atoms with van der Waals surface area (Å²) in [5, 5.41) is -0.325. The van der Waals surface area contributed by atoms with E-state index in [1.54, 1.807) is 13.0 Å². The Bertz CT molecular complexity index is 871. The molecule has 0 aromatic carbocycles. The molecule has 0 saturated carbocycles. The van der Waals surface area contributed by atoms with Crippen molar-refractivity contribution >= 4 is 51.7 Å². The summed E-state index contributed by atoms with van der Waals surface area (Å²) >= 11 is 1.95. The Hall–Kier alpha value is -1.87. The number of nitrogens with zero attached hydrogens (tertiary/aromatic N) is 2. The number of thiazole rings is 1. The number of unbranched alkanes of at least 4 members (excludes halogenated alkanes) is 5. The van der Waals surface area contributed by atoms with Gasteiger partial charge in [0.1, 0.15) is 9.57 Å². The molecule has 1 aliphatic heterocycles. The zero-order valence-corrected chi connectivity index (χ0v) is 17.2. The lowest BCUT2D eigenvalue weighted by Crippen LogP contribution is -2.34. The average Bonchev–Trinajstić information content (AvgIpc) is 3.12. The van der Waals surface area contributed by atoms with E-state index in [9.17, 15) is 19.2 Å². The van der Waals surface area contributed by atoms with Gasteiger partial charge in [0.15, 0.2) is 6.73 Å². The largest absolute Gasteiger partial charge is 0.446 e. The highest BCUT2D eigenvalue weighted by molar-refractivity contribution is 8.23. The Morgan fingerprint density at radius 1 is 1.07 bits per heavy atom. The number of rotatable bonds is 10. The third-order valence-corrected chi connectivity index (χ3v) is 6.56. The molecule has 7 nitrogen and oxygen atoms in total. The first-order valence-corrected chi connectivity index (χ1v) is 10.7. The minimum absolute atomic E-state index is 0.218. The number of amides is 2. The standard InChI is InChI=1S/C18H24N2O5S2/c1-3-5-6-7-8-9-10-19-16(23)14(27-18(19)24)17-20(11-25-12-21)15(22)13(4-2)26-17/h4,12H,3,5-11H2,1-2H3. The van der Waals surface area contributed by atoms with Crippen LogP contribution in [0.25, 0.3) is 11.0 Å². The summed E-state index contributed by atoms with van der Waals surface area (Å²) in [5.74, 6) is -0.387. The van der Waals surface area contributed by atoms with E-state index in [1.807, 2.05) is 0 Å². The van der Waals surface area contributed by atoms with Crippen LogP contribution < -0.4 is 14.8 Å². The van der Waals surface area contributed by atoms with Gasteiger partial charge >= 0.3 is 0 Å². The zero-order valence-electron chi connectivity index (χ0n) is 15.6. The van der Waals surface area contributed by atoms with Crippen LogP contribution in [0.1, 0.15) is 52.4 Å². The molecule has 1 saturated heterocycles. The second kappa shape index (κ2) is 10.5. The normalized spacial score (nSPS) is 17.1. The van der Waals surface area contributed by atoms with E-state index in [4.69, 9.17) is 4.74 Å². The number of aromatic nitrogens is 1. The van der Waals surface area contributed by atoms with Gasteiger partial charge in [0.05, 0.1) is 4.53 Å². The summed E-state index contributed by atoms with van der Waals surface area (Å²) in [6, 6.07) is 0. The van der Waals surface area contributed by atoms with Crippen LogP contribution in [0.2, 0.25) is 0 Å². The van der Waals surface area contributed by atoms with Crippen molar-refractivity contribution in [2.45, 2.75) is 59.1 Å². The Labute approximate surface area is 165 Å². The Kier molecular flexibility index (Phi) is 8.30. The molecule has 1 fully saturated rings. The van der Waals surface area contributed by atoms with Crippen molar-refractivity contribution in [2.24, 2.45) is 0 Å². The summed E-state index contributed by atoms with van der Waals surface area (Å²) in [5.41, 5.74) is -0.345. The van der Waals surface area contributed by atoms with Crippen LogP contribution >= 0.6 is 23.1 Å². The molecular formula is C18H24N2O5S2. The van der Waals surface area contributed by atoms with Crippen LogP contribution in [0.5, 0.6) is 0 Å². The van der Waals surface area contributed by atoms with Crippen molar-refractivity contribution < 1.29 is 19.1 Å². The van der Waals surface area contributed by atoms with Gasteiger partial charge < -0.3 is 4.74 Å². The molecule has 2 amide bonds. The van der Waals surface area contributed by atoms with Crippen molar-refractivity contribution in [3.8, 4) is 0 Å². The van der Waals surface area contributed by atoms with E-state index in [1.165, 1.54) is 28.7 Å². The van der Waals surface area contributed by atoms with Gasteiger partial charge in [-0.2, -0.15) is 0 Å². The summed E-state index contributed by atoms with van der Waals surface area (Å²) in [6.45, 7) is 4.21. The van der Waals surface area contributed by atoms with Crippen molar-refractivity contribution in [1.82, 2.24) is 9.47 Å². The molecular weight excluding hydrogens is 388 g/mol. The molecule has 1 aromatic heterocycles. The first-order chi connectivity index (χ1) is 13.0. The fraction of sp³-hybridized carbons (Fsp3) is 0.556. The molecule has 1 aliphatic rings. The van der Waals surface area contributed by atoms with Crippen LogP contribution in [0.4, 0.5) is 4.79 Å². The van der Waals surface area contributed by atoms with Gasteiger partial charge in [-0.3, -0.25) is 28.6 Å². The number of imide groups is 1. The topological polar surface area (TPSA) is 85.7 Å². The molecule has 27 heavy (non-hydrogen) atoms. The predicted molar refractivity (Wildman–Crippen MR) is 107 cm³/mol. The van der Waals surface area contributed by atoms with Crippen LogP contribution in [-0.4, -0.2) is 33.6 Å². The maximum absolute atomic E-state index is 12.7. The highest BCUT2D eigenvalue weighted by Gasteiger charge is 2.36. The lowest BCUT2D eigenvalue weighted by molar-refractivity contribution is -0.132. The number of thioether (sulfide) groups is 1. The molecule has 9 heteroatoms. The third-order valence-electron chi connectivity index (χ3n) is 4.22. The van der Waals surface area contributed by atoms with E-state index in [-0.39, 0.29) is 34.8 Å². The molecule has 148 valence electrons. The molecule has 0 unspecified atom stereocenters. The second-order valence-electron chi connectivity index (χ2n) is 6.11. The predicted octanol–water partition coefficient (Wildman–Crippen LogP) is 2.00. The lowest BCUT2D eigenvalue weighted by atomic mass is 10.1. The van der Waals surface area contributed by atoms with Gasteiger partial charge in [-0.05, 0) is 25.1 Å². The minimum Gasteiger partial charge on any atom is -0.446 e. The highest BCUT2D eigenvalue weighted by atomic mass is 32.2. The maximum Gasteiger partial charge on any atom is 0.294 e. The third kappa shape index (κ3) is 5.10.